The molecular weight excluding hydrogens is 244 g/mol. The Balaban J connectivity index is 2.37. The highest BCUT2D eigenvalue weighted by atomic mass is 35.5. The molecule has 3 amide bonds. The van der Waals surface area contributed by atoms with Gasteiger partial charge in [-0.25, -0.2) is 19.7 Å². The molecule has 6 nitrogen and oxygen atoms in total. The molecular formula is C10H11ClN4O2. The molecule has 0 aliphatic carbocycles. The third-order valence-corrected chi connectivity index (χ3v) is 3.00. The number of nitrogens with zero attached hydrogens (tertiary/aromatic N) is 3. The molecule has 0 unspecified atom stereocenters. The van der Waals surface area contributed by atoms with Crippen LogP contribution in [-0.2, 0) is 4.79 Å². The van der Waals surface area contributed by atoms with E-state index in [2.05, 4.69) is 15.3 Å². The van der Waals surface area contributed by atoms with Crippen LogP contribution in [0.2, 0.25) is 5.15 Å². The van der Waals surface area contributed by atoms with Crippen LogP contribution >= 0.6 is 11.6 Å². The number of carbonyl (C=O) groups is 2. The van der Waals surface area contributed by atoms with E-state index in [0.29, 0.717) is 6.42 Å². The first-order valence-electron chi connectivity index (χ1n) is 5.12. The van der Waals surface area contributed by atoms with Gasteiger partial charge in [-0.2, -0.15) is 0 Å². The van der Waals surface area contributed by atoms with Crippen LogP contribution < -0.4 is 10.2 Å². The fraction of sp³-hybridized carbons (Fsp3) is 0.400. The number of rotatable bonds is 2. The molecule has 0 spiro atoms. The molecule has 90 valence electrons. The van der Waals surface area contributed by atoms with E-state index in [1.807, 2.05) is 6.92 Å². The maximum absolute atomic E-state index is 12.1. The summed E-state index contributed by atoms with van der Waals surface area (Å²) in [6.07, 6.45) is 3.09. The van der Waals surface area contributed by atoms with Gasteiger partial charge in [0.05, 0.1) is 12.4 Å². The van der Waals surface area contributed by atoms with Crippen molar-refractivity contribution in [3.8, 4) is 0 Å². The minimum Gasteiger partial charge on any atom is -0.323 e. The molecule has 1 aliphatic rings. The summed E-state index contributed by atoms with van der Waals surface area (Å²) in [6, 6.07) is -0.490. The Hall–Kier alpha value is -1.69. The zero-order valence-electron chi connectivity index (χ0n) is 9.40. The summed E-state index contributed by atoms with van der Waals surface area (Å²) in [4.78, 5) is 32.5. The fourth-order valence-corrected chi connectivity index (χ4v) is 1.65. The minimum atomic E-state index is -0.877. The van der Waals surface area contributed by atoms with E-state index in [4.69, 9.17) is 11.6 Å². The van der Waals surface area contributed by atoms with Gasteiger partial charge >= 0.3 is 6.03 Å². The van der Waals surface area contributed by atoms with Crippen molar-refractivity contribution in [3.63, 3.8) is 0 Å². The topological polar surface area (TPSA) is 75.2 Å². The minimum absolute atomic E-state index is 0.175. The highest BCUT2D eigenvalue weighted by Crippen LogP contribution is 2.24. The number of urea groups is 1. The number of hydrogen-bond donors (Lipinski definition) is 1. The van der Waals surface area contributed by atoms with Crippen molar-refractivity contribution in [2.45, 2.75) is 25.8 Å². The number of nitrogens with one attached hydrogen (secondary N) is 1. The summed E-state index contributed by atoms with van der Waals surface area (Å²) in [6.45, 7) is 3.51. The molecule has 1 aromatic rings. The van der Waals surface area contributed by atoms with Crippen LogP contribution in [-0.4, -0.2) is 27.4 Å². The summed E-state index contributed by atoms with van der Waals surface area (Å²) in [5.74, 6) is -0.157. The Labute approximate surface area is 103 Å². The second-order valence-electron chi connectivity index (χ2n) is 3.95. The molecule has 1 aromatic heterocycles. The Morgan fingerprint density at radius 3 is 2.59 bits per heavy atom. The van der Waals surface area contributed by atoms with Crippen LogP contribution in [0, 0.1) is 0 Å². The predicted molar refractivity (Wildman–Crippen MR) is 61.8 cm³/mol. The van der Waals surface area contributed by atoms with E-state index in [1.165, 1.54) is 12.4 Å². The van der Waals surface area contributed by atoms with Gasteiger partial charge in [-0.3, -0.25) is 4.79 Å². The first-order valence-corrected chi connectivity index (χ1v) is 5.50. The van der Waals surface area contributed by atoms with Crippen LogP contribution in [0.15, 0.2) is 12.4 Å². The van der Waals surface area contributed by atoms with Crippen molar-refractivity contribution in [2.24, 2.45) is 0 Å². The molecule has 0 bridgehead atoms. The summed E-state index contributed by atoms with van der Waals surface area (Å²) >= 11 is 5.60. The van der Waals surface area contributed by atoms with E-state index in [-0.39, 0.29) is 16.9 Å². The van der Waals surface area contributed by atoms with E-state index in [9.17, 15) is 9.59 Å². The van der Waals surface area contributed by atoms with E-state index in [1.54, 1.807) is 6.92 Å². The molecule has 1 N–H and O–H groups in total. The molecule has 1 fully saturated rings. The maximum atomic E-state index is 12.1. The van der Waals surface area contributed by atoms with Crippen LogP contribution in [0.25, 0.3) is 0 Å². The molecule has 2 rings (SSSR count). The summed E-state index contributed by atoms with van der Waals surface area (Å²) in [5.41, 5.74) is -0.877. The standard InChI is InChI=1S/C10H11ClN4O2/c1-3-10(2)8(16)15(9(17)14-10)7-5-12-6(11)4-13-7/h4-5H,3H2,1-2H3,(H,14,17)/t10-/m1/s1. The van der Waals surface area contributed by atoms with Gasteiger partial charge in [-0.15, -0.1) is 0 Å². The Kier molecular flexibility index (Phi) is 2.74. The first kappa shape index (κ1) is 11.8. The maximum Gasteiger partial charge on any atom is 0.330 e. The van der Waals surface area contributed by atoms with Gasteiger partial charge in [-0.05, 0) is 13.3 Å². The van der Waals surface area contributed by atoms with Crippen molar-refractivity contribution >= 4 is 29.4 Å². The average molecular weight is 255 g/mol. The number of hydrogen-bond acceptors (Lipinski definition) is 4. The van der Waals surface area contributed by atoms with E-state index >= 15 is 0 Å². The summed E-state index contributed by atoms with van der Waals surface area (Å²) in [5, 5.41) is 2.84. The Bertz CT molecular complexity index is 476. The summed E-state index contributed by atoms with van der Waals surface area (Å²) in [7, 11) is 0. The number of halogens is 1. The third kappa shape index (κ3) is 1.84. The normalized spacial score (nSPS) is 24.1. The van der Waals surface area contributed by atoms with Gasteiger partial charge in [0.25, 0.3) is 5.91 Å². The molecule has 17 heavy (non-hydrogen) atoms. The summed E-state index contributed by atoms with van der Waals surface area (Å²) < 4.78 is 0. The highest BCUT2D eigenvalue weighted by molar-refractivity contribution is 6.29. The highest BCUT2D eigenvalue weighted by Gasteiger charge is 2.47. The van der Waals surface area contributed by atoms with Gasteiger partial charge in [0, 0.05) is 0 Å². The van der Waals surface area contributed by atoms with Crippen LogP contribution in [0.4, 0.5) is 10.6 Å². The van der Waals surface area contributed by atoms with Crippen molar-refractivity contribution in [1.82, 2.24) is 15.3 Å². The Morgan fingerprint density at radius 1 is 1.41 bits per heavy atom. The Morgan fingerprint density at radius 2 is 2.12 bits per heavy atom. The van der Waals surface area contributed by atoms with Crippen molar-refractivity contribution in [1.29, 1.82) is 0 Å². The first-order chi connectivity index (χ1) is 7.98. The average Bonchev–Trinajstić information content (AvgIpc) is 2.53. The van der Waals surface area contributed by atoms with E-state index in [0.717, 1.165) is 4.90 Å². The molecule has 0 radical (unpaired) electrons. The lowest BCUT2D eigenvalue weighted by Crippen LogP contribution is -2.43. The van der Waals surface area contributed by atoms with Gasteiger partial charge in [-0.1, -0.05) is 18.5 Å². The SMILES string of the molecule is CC[C@@]1(C)NC(=O)N(c2cnc(Cl)cn2)C1=O. The smallest absolute Gasteiger partial charge is 0.323 e. The molecule has 7 heteroatoms. The second kappa shape index (κ2) is 3.96. The molecule has 0 saturated carbocycles. The van der Waals surface area contributed by atoms with Crippen LogP contribution in [0.1, 0.15) is 20.3 Å². The second-order valence-corrected chi connectivity index (χ2v) is 4.34. The lowest BCUT2D eigenvalue weighted by molar-refractivity contribution is -0.121. The number of anilines is 1. The zero-order chi connectivity index (χ0) is 12.6. The molecule has 1 atom stereocenters. The molecule has 0 aromatic carbocycles. The van der Waals surface area contributed by atoms with Crippen LogP contribution in [0.5, 0.6) is 0 Å². The lowest BCUT2D eigenvalue weighted by Gasteiger charge is -2.18. The molecule has 1 aliphatic heterocycles. The number of carbonyl (C=O) groups excluding carboxylic acids is 2. The molecule has 1 saturated heterocycles. The van der Waals surface area contributed by atoms with Gasteiger partial charge in [0.15, 0.2) is 5.82 Å². The molecule has 2 heterocycles. The fourth-order valence-electron chi connectivity index (χ4n) is 1.55. The van der Waals surface area contributed by atoms with Crippen molar-refractivity contribution in [2.75, 3.05) is 4.90 Å². The van der Waals surface area contributed by atoms with Crippen LogP contribution in [0.3, 0.4) is 0 Å². The van der Waals surface area contributed by atoms with Gasteiger partial charge in [0.2, 0.25) is 0 Å². The predicted octanol–water partition coefficient (Wildman–Crippen LogP) is 1.35. The lowest BCUT2D eigenvalue weighted by atomic mass is 9.99. The number of imide groups is 1. The zero-order valence-corrected chi connectivity index (χ0v) is 10.2. The monoisotopic (exact) mass is 254 g/mol. The third-order valence-electron chi connectivity index (χ3n) is 2.80. The van der Waals surface area contributed by atoms with Gasteiger partial charge < -0.3 is 5.32 Å². The van der Waals surface area contributed by atoms with Crippen molar-refractivity contribution in [3.05, 3.63) is 17.5 Å². The quantitative estimate of drug-likeness (QED) is 0.809. The van der Waals surface area contributed by atoms with E-state index < -0.39 is 11.6 Å². The van der Waals surface area contributed by atoms with Crippen molar-refractivity contribution < 1.29 is 9.59 Å². The number of amides is 3. The number of aromatic nitrogens is 2. The van der Waals surface area contributed by atoms with Gasteiger partial charge in [0.1, 0.15) is 10.7 Å². The largest absolute Gasteiger partial charge is 0.330 e.